The molecule has 0 atom stereocenters. The number of hydrogen-bond donors (Lipinski definition) is 1. The van der Waals surface area contributed by atoms with Crippen LogP contribution >= 0.6 is 15.9 Å². The quantitative estimate of drug-likeness (QED) is 0.878. The number of aryl methyl sites for hydroxylation is 1. The van der Waals surface area contributed by atoms with E-state index in [1.807, 2.05) is 25.1 Å². The zero-order valence-electron chi connectivity index (χ0n) is 13.4. The van der Waals surface area contributed by atoms with Crippen LogP contribution < -0.4 is 5.32 Å². The van der Waals surface area contributed by atoms with Crippen molar-refractivity contribution in [3.8, 4) is 0 Å². The van der Waals surface area contributed by atoms with E-state index in [0.717, 1.165) is 41.5 Å². The van der Waals surface area contributed by atoms with Crippen LogP contribution in [0.3, 0.4) is 0 Å². The molecule has 1 aromatic carbocycles. The van der Waals surface area contributed by atoms with Crippen molar-refractivity contribution in [3.63, 3.8) is 0 Å². The molecule has 1 heterocycles. The van der Waals surface area contributed by atoms with Gasteiger partial charge in [0.25, 0.3) is 5.91 Å². The summed E-state index contributed by atoms with van der Waals surface area (Å²) in [7, 11) is 0. The van der Waals surface area contributed by atoms with Crippen molar-refractivity contribution in [1.29, 1.82) is 0 Å². The molecule has 0 spiro atoms. The molecule has 21 heavy (non-hydrogen) atoms. The fourth-order valence-electron chi connectivity index (χ4n) is 2.70. The van der Waals surface area contributed by atoms with E-state index >= 15 is 0 Å². The fourth-order valence-corrected chi connectivity index (χ4v) is 3.08. The number of rotatable bonds is 2. The minimum Gasteiger partial charge on any atom is -0.349 e. The number of likely N-dealkylation sites (tertiary alicyclic amines) is 1. The first-order valence-electron chi connectivity index (χ1n) is 7.59. The second-order valence-electron chi connectivity index (χ2n) is 6.87. The van der Waals surface area contributed by atoms with Crippen LogP contribution in [0.25, 0.3) is 0 Å². The Morgan fingerprint density at radius 3 is 2.43 bits per heavy atom. The molecule has 1 amide bonds. The van der Waals surface area contributed by atoms with Crippen molar-refractivity contribution >= 4 is 21.8 Å². The molecule has 1 aliphatic heterocycles. The first kappa shape index (κ1) is 16.5. The van der Waals surface area contributed by atoms with E-state index in [9.17, 15) is 4.79 Å². The lowest BCUT2D eigenvalue weighted by Crippen LogP contribution is -2.50. The Morgan fingerprint density at radius 1 is 1.29 bits per heavy atom. The molecule has 0 saturated carbocycles. The lowest BCUT2D eigenvalue weighted by Gasteiger charge is -2.41. The molecule has 1 saturated heterocycles. The molecule has 2 rings (SSSR count). The van der Waals surface area contributed by atoms with Gasteiger partial charge >= 0.3 is 0 Å². The SMILES string of the molecule is Cc1ccc(C(=O)NC2CCN(C(C)(C)C)CC2)cc1Br. The van der Waals surface area contributed by atoms with Crippen LogP contribution in [0.4, 0.5) is 0 Å². The number of nitrogens with zero attached hydrogens (tertiary/aromatic N) is 1. The number of piperidine rings is 1. The van der Waals surface area contributed by atoms with Gasteiger partial charge in [0.1, 0.15) is 0 Å². The van der Waals surface area contributed by atoms with Crippen LogP contribution in [0.1, 0.15) is 49.5 Å². The maximum Gasteiger partial charge on any atom is 0.251 e. The predicted octanol–water partition coefficient (Wildman–Crippen LogP) is 3.75. The monoisotopic (exact) mass is 352 g/mol. The van der Waals surface area contributed by atoms with Gasteiger partial charge in [0.05, 0.1) is 0 Å². The summed E-state index contributed by atoms with van der Waals surface area (Å²) in [5.74, 6) is 0.0323. The topological polar surface area (TPSA) is 32.3 Å². The summed E-state index contributed by atoms with van der Waals surface area (Å²) in [5, 5.41) is 3.17. The van der Waals surface area contributed by atoms with Crippen molar-refractivity contribution in [2.45, 2.75) is 52.1 Å². The van der Waals surface area contributed by atoms with Crippen molar-refractivity contribution in [2.75, 3.05) is 13.1 Å². The Bertz CT molecular complexity index is 514. The zero-order valence-corrected chi connectivity index (χ0v) is 15.0. The molecule has 0 unspecified atom stereocenters. The normalized spacial score (nSPS) is 17.8. The molecule has 0 radical (unpaired) electrons. The summed E-state index contributed by atoms with van der Waals surface area (Å²) in [5.41, 5.74) is 2.09. The van der Waals surface area contributed by atoms with E-state index < -0.39 is 0 Å². The number of nitrogens with one attached hydrogen (secondary N) is 1. The number of halogens is 1. The number of carbonyl (C=O) groups is 1. The average Bonchev–Trinajstić information content (AvgIpc) is 2.41. The lowest BCUT2D eigenvalue weighted by atomic mass is 9.98. The minimum absolute atomic E-state index is 0.0323. The van der Waals surface area contributed by atoms with Gasteiger partial charge in [-0.2, -0.15) is 0 Å². The van der Waals surface area contributed by atoms with E-state index in [4.69, 9.17) is 0 Å². The molecule has 0 aromatic heterocycles. The summed E-state index contributed by atoms with van der Waals surface area (Å²) in [6, 6.07) is 6.05. The van der Waals surface area contributed by atoms with Crippen LogP contribution in [0.2, 0.25) is 0 Å². The standard InChI is InChI=1S/C17H25BrN2O/c1-12-5-6-13(11-15(12)18)16(21)19-14-7-9-20(10-8-14)17(2,3)4/h5-6,11,14H,7-10H2,1-4H3,(H,19,21). The van der Waals surface area contributed by atoms with Crippen LogP contribution in [-0.2, 0) is 0 Å². The third-order valence-electron chi connectivity index (χ3n) is 4.21. The molecule has 0 aliphatic carbocycles. The highest BCUT2D eigenvalue weighted by Crippen LogP contribution is 2.21. The van der Waals surface area contributed by atoms with Gasteiger partial charge in [0, 0.05) is 34.7 Å². The molecular formula is C17H25BrN2O. The van der Waals surface area contributed by atoms with Gasteiger partial charge in [-0.3, -0.25) is 9.69 Å². The van der Waals surface area contributed by atoms with Crippen LogP contribution in [0.15, 0.2) is 22.7 Å². The Morgan fingerprint density at radius 2 is 1.90 bits per heavy atom. The molecule has 1 aromatic rings. The first-order chi connectivity index (χ1) is 9.77. The van der Waals surface area contributed by atoms with Crippen molar-refractivity contribution in [3.05, 3.63) is 33.8 Å². The van der Waals surface area contributed by atoms with Crippen molar-refractivity contribution in [2.24, 2.45) is 0 Å². The van der Waals surface area contributed by atoms with Crippen molar-refractivity contribution < 1.29 is 4.79 Å². The third kappa shape index (κ3) is 4.30. The Hall–Kier alpha value is -0.870. The number of amides is 1. The second-order valence-corrected chi connectivity index (χ2v) is 7.72. The summed E-state index contributed by atoms with van der Waals surface area (Å²) in [6.07, 6.45) is 2.05. The smallest absolute Gasteiger partial charge is 0.251 e. The molecule has 3 nitrogen and oxygen atoms in total. The molecule has 1 N–H and O–H groups in total. The van der Waals surface area contributed by atoms with Gasteiger partial charge in [0.2, 0.25) is 0 Å². The Balaban J connectivity index is 1.91. The van der Waals surface area contributed by atoms with E-state index in [1.54, 1.807) is 0 Å². The summed E-state index contributed by atoms with van der Waals surface area (Å²) in [4.78, 5) is 14.8. The number of benzene rings is 1. The predicted molar refractivity (Wildman–Crippen MR) is 90.7 cm³/mol. The Kier molecular flexibility index (Phi) is 5.10. The summed E-state index contributed by atoms with van der Waals surface area (Å²) >= 11 is 3.48. The largest absolute Gasteiger partial charge is 0.349 e. The van der Waals surface area contributed by atoms with E-state index in [-0.39, 0.29) is 17.5 Å². The van der Waals surface area contributed by atoms with Crippen LogP contribution in [0, 0.1) is 6.92 Å². The van der Waals surface area contributed by atoms with Gasteiger partial charge in [0.15, 0.2) is 0 Å². The number of carbonyl (C=O) groups excluding carboxylic acids is 1. The third-order valence-corrected chi connectivity index (χ3v) is 5.07. The number of hydrogen-bond acceptors (Lipinski definition) is 2. The first-order valence-corrected chi connectivity index (χ1v) is 8.39. The molecule has 1 aliphatic rings. The summed E-state index contributed by atoms with van der Waals surface area (Å²) < 4.78 is 0.984. The van der Waals surface area contributed by atoms with Gasteiger partial charge in [-0.1, -0.05) is 22.0 Å². The van der Waals surface area contributed by atoms with E-state index in [2.05, 4.69) is 46.9 Å². The lowest BCUT2D eigenvalue weighted by molar-refractivity contribution is 0.0812. The van der Waals surface area contributed by atoms with Gasteiger partial charge in [-0.25, -0.2) is 0 Å². The maximum absolute atomic E-state index is 12.3. The van der Waals surface area contributed by atoms with Gasteiger partial charge in [-0.05, 0) is 58.2 Å². The highest BCUT2D eigenvalue weighted by atomic mass is 79.9. The van der Waals surface area contributed by atoms with E-state index in [0.29, 0.717) is 0 Å². The molecule has 1 fully saturated rings. The van der Waals surface area contributed by atoms with Gasteiger partial charge < -0.3 is 5.32 Å². The van der Waals surface area contributed by atoms with Crippen molar-refractivity contribution in [1.82, 2.24) is 10.2 Å². The van der Waals surface area contributed by atoms with Gasteiger partial charge in [-0.15, -0.1) is 0 Å². The highest BCUT2D eigenvalue weighted by molar-refractivity contribution is 9.10. The minimum atomic E-state index is 0.0323. The van der Waals surface area contributed by atoms with Crippen LogP contribution in [0.5, 0.6) is 0 Å². The molecule has 4 heteroatoms. The fraction of sp³-hybridized carbons (Fsp3) is 0.588. The Labute approximate surface area is 136 Å². The van der Waals surface area contributed by atoms with Crippen LogP contribution in [-0.4, -0.2) is 35.5 Å². The second kappa shape index (κ2) is 6.49. The molecular weight excluding hydrogens is 328 g/mol. The van der Waals surface area contributed by atoms with E-state index in [1.165, 1.54) is 0 Å². The molecule has 116 valence electrons. The molecule has 0 bridgehead atoms. The summed E-state index contributed by atoms with van der Waals surface area (Å²) in [6.45, 7) is 10.9. The zero-order chi connectivity index (χ0) is 15.6. The average molecular weight is 353 g/mol. The maximum atomic E-state index is 12.3. The highest BCUT2D eigenvalue weighted by Gasteiger charge is 2.27.